The molecule has 1 saturated carbocycles. The Balaban J connectivity index is 2.47. The molecule has 0 heterocycles. The molecule has 1 N–H and O–H groups in total. The summed E-state index contributed by atoms with van der Waals surface area (Å²) in [6, 6.07) is 3.08. The Hall–Kier alpha value is -0.630. The minimum absolute atomic E-state index is 0.438. The fraction of sp³-hybridized carbons (Fsp3) is 0.923. The molecule has 4 heteroatoms. The van der Waals surface area contributed by atoms with Crippen molar-refractivity contribution in [1.29, 1.82) is 5.26 Å². The fourth-order valence-corrected chi connectivity index (χ4v) is 1.98. The quantitative estimate of drug-likeness (QED) is 0.660. The first-order valence-electron chi connectivity index (χ1n) is 6.54. The molecule has 0 spiro atoms. The molecule has 1 aliphatic carbocycles. The van der Waals surface area contributed by atoms with E-state index < -0.39 is 5.54 Å². The van der Waals surface area contributed by atoms with Gasteiger partial charge in [-0.25, -0.2) is 0 Å². The average Bonchev–Trinajstić information content (AvgIpc) is 3.16. The molecule has 1 fully saturated rings. The number of nitriles is 1. The molecule has 0 bridgehead atoms. The number of nitrogens with zero attached hydrogens (tertiary/aromatic N) is 2. The van der Waals surface area contributed by atoms with Crippen LogP contribution in [-0.4, -0.2) is 49.8 Å². The van der Waals surface area contributed by atoms with Gasteiger partial charge in [-0.05, 0) is 32.7 Å². The number of hydrogen-bond acceptors (Lipinski definition) is 4. The lowest BCUT2D eigenvalue weighted by molar-refractivity contribution is 0.129. The summed E-state index contributed by atoms with van der Waals surface area (Å²) in [5, 5.41) is 12.7. The maximum atomic E-state index is 9.32. The van der Waals surface area contributed by atoms with Crippen LogP contribution in [0.3, 0.4) is 0 Å². The SMILES string of the molecule is CCCNC(C)(C#N)CN(CCOC)C1CC1. The van der Waals surface area contributed by atoms with Gasteiger partial charge in [0.25, 0.3) is 0 Å². The Bertz CT molecular complexity index is 260. The van der Waals surface area contributed by atoms with Crippen LogP contribution in [0.15, 0.2) is 0 Å². The Morgan fingerprint density at radius 2 is 2.24 bits per heavy atom. The van der Waals surface area contributed by atoms with E-state index in [1.807, 2.05) is 6.92 Å². The highest BCUT2D eigenvalue weighted by Gasteiger charge is 2.34. The predicted molar refractivity (Wildman–Crippen MR) is 68.8 cm³/mol. The van der Waals surface area contributed by atoms with Crippen LogP contribution in [0, 0.1) is 11.3 Å². The molecular formula is C13H25N3O. The summed E-state index contributed by atoms with van der Waals surface area (Å²) < 4.78 is 5.13. The van der Waals surface area contributed by atoms with Crippen LogP contribution in [0.2, 0.25) is 0 Å². The zero-order chi connectivity index (χ0) is 12.7. The topological polar surface area (TPSA) is 48.3 Å². The normalized spacial score (nSPS) is 19.0. The van der Waals surface area contributed by atoms with Crippen LogP contribution in [0.4, 0.5) is 0 Å². The number of hydrogen-bond donors (Lipinski definition) is 1. The highest BCUT2D eigenvalue weighted by atomic mass is 16.5. The summed E-state index contributed by atoms with van der Waals surface area (Å²) in [6.07, 6.45) is 3.58. The van der Waals surface area contributed by atoms with E-state index in [1.165, 1.54) is 12.8 Å². The number of ether oxygens (including phenoxy) is 1. The van der Waals surface area contributed by atoms with Crippen LogP contribution in [0.5, 0.6) is 0 Å². The van der Waals surface area contributed by atoms with Crippen molar-refractivity contribution < 1.29 is 4.74 Å². The van der Waals surface area contributed by atoms with Gasteiger partial charge in [0.1, 0.15) is 5.54 Å². The number of methoxy groups -OCH3 is 1. The molecule has 0 radical (unpaired) electrons. The summed E-state index contributed by atoms with van der Waals surface area (Å²) in [5.74, 6) is 0. The molecule has 0 saturated heterocycles. The second-order valence-corrected chi connectivity index (χ2v) is 5.07. The van der Waals surface area contributed by atoms with Crippen LogP contribution < -0.4 is 5.32 Å². The Morgan fingerprint density at radius 3 is 2.71 bits per heavy atom. The van der Waals surface area contributed by atoms with E-state index in [4.69, 9.17) is 4.74 Å². The van der Waals surface area contributed by atoms with Gasteiger partial charge in [0.05, 0.1) is 12.7 Å². The summed E-state index contributed by atoms with van der Waals surface area (Å²) in [4.78, 5) is 2.38. The van der Waals surface area contributed by atoms with Crippen LogP contribution >= 0.6 is 0 Å². The lowest BCUT2D eigenvalue weighted by Crippen LogP contribution is -2.51. The third-order valence-corrected chi connectivity index (χ3v) is 3.18. The van der Waals surface area contributed by atoms with Gasteiger partial charge in [0, 0.05) is 26.2 Å². The van der Waals surface area contributed by atoms with E-state index in [1.54, 1.807) is 7.11 Å². The van der Waals surface area contributed by atoms with Gasteiger partial charge in [-0.2, -0.15) is 5.26 Å². The van der Waals surface area contributed by atoms with Crippen molar-refractivity contribution >= 4 is 0 Å². The lowest BCUT2D eigenvalue weighted by atomic mass is 10.0. The first-order valence-corrected chi connectivity index (χ1v) is 6.54. The number of rotatable bonds is 9. The Kier molecular flexibility index (Phi) is 5.90. The van der Waals surface area contributed by atoms with Gasteiger partial charge in [-0.15, -0.1) is 0 Å². The summed E-state index contributed by atoms with van der Waals surface area (Å²) in [7, 11) is 1.73. The van der Waals surface area contributed by atoms with E-state index in [9.17, 15) is 5.26 Å². The molecular weight excluding hydrogens is 214 g/mol. The molecule has 1 aliphatic rings. The van der Waals surface area contributed by atoms with Crippen molar-refractivity contribution in [3.63, 3.8) is 0 Å². The maximum Gasteiger partial charge on any atom is 0.116 e. The van der Waals surface area contributed by atoms with Gasteiger partial charge in [-0.3, -0.25) is 10.2 Å². The van der Waals surface area contributed by atoms with E-state index >= 15 is 0 Å². The fourth-order valence-electron chi connectivity index (χ4n) is 1.98. The summed E-state index contributed by atoms with van der Waals surface area (Å²) >= 11 is 0. The molecule has 4 nitrogen and oxygen atoms in total. The van der Waals surface area contributed by atoms with Gasteiger partial charge in [0.15, 0.2) is 0 Å². The van der Waals surface area contributed by atoms with E-state index in [0.717, 1.165) is 32.7 Å². The molecule has 17 heavy (non-hydrogen) atoms. The molecule has 1 rings (SSSR count). The minimum Gasteiger partial charge on any atom is -0.383 e. The highest BCUT2D eigenvalue weighted by molar-refractivity contribution is 5.07. The molecule has 0 aromatic carbocycles. The van der Waals surface area contributed by atoms with Crippen LogP contribution in [0.25, 0.3) is 0 Å². The zero-order valence-corrected chi connectivity index (χ0v) is 11.3. The molecule has 0 aromatic heterocycles. The zero-order valence-electron chi connectivity index (χ0n) is 11.3. The second-order valence-electron chi connectivity index (χ2n) is 5.07. The van der Waals surface area contributed by atoms with Crippen molar-refractivity contribution in [3.05, 3.63) is 0 Å². The predicted octanol–water partition coefficient (Wildman–Crippen LogP) is 1.38. The minimum atomic E-state index is -0.438. The first-order chi connectivity index (χ1) is 8.15. The van der Waals surface area contributed by atoms with E-state index in [-0.39, 0.29) is 0 Å². The smallest absolute Gasteiger partial charge is 0.116 e. The van der Waals surface area contributed by atoms with Gasteiger partial charge < -0.3 is 4.74 Å². The molecule has 0 aliphatic heterocycles. The number of nitrogens with one attached hydrogen (secondary N) is 1. The van der Waals surface area contributed by atoms with Gasteiger partial charge in [-0.1, -0.05) is 6.92 Å². The third kappa shape index (κ3) is 5.03. The summed E-state index contributed by atoms with van der Waals surface area (Å²) in [5.41, 5.74) is -0.438. The van der Waals surface area contributed by atoms with Gasteiger partial charge >= 0.3 is 0 Å². The third-order valence-electron chi connectivity index (χ3n) is 3.18. The molecule has 1 unspecified atom stereocenters. The van der Waals surface area contributed by atoms with Crippen molar-refractivity contribution in [1.82, 2.24) is 10.2 Å². The second kappa shape index (κ2) is 6.95. The molecule has 1 atom stereocenters. The molecule has 0 amide bonds. The Morgan fingerprint density at radius 1 is 1.53 bits per heavy atom. The van der Waals surface area contributed by atoms with Gasteiger partial charge in [0.2, 0.25) is 0 Å². The molecule has 98 valence electrons. The van der Waals surface area contributed by atoms with E-state index in [0.29, 0.717) is 6.04 Å². The largest absolute Gasteiger partial charge is 0.383 e. The summed E-state index contributed by atoms with van der Waals surface area (Å²) in [6.45, 7) is 7.46. The molecule has 0 aromatic rings. The van der Waals surface area contributed by atoms with Crippen LogP contribution in [-0.2, 0) is 4.74 Å². The Labute approximate surface area is 105 Å². The van der Waals surface area contributed by atoms with Crippen molar-refractivity contribution in [2.24, 2.45) is 0 Å². The highest BCUT2D eigenvalue weighted by Crippen LogP contribution is 2.27. The first kappa shape index (κ1) is 14.4. The maximum absolute atomic E-state index is 9.32. The van der Waals surface area contributed by atoms with Crippen molar-refractivity contribution in [2.75, 3.05) is 33.4 Å². The van der Waals surface area contributed by atoms with Crippen molar-refractivity contribution in [2.45, 2.75) is 44.7 Å². The van der Waals surface area contributed by atoms with Crippen molar-refractivity contribution in [3.8, 4) is 6.07 Å². The lowest BCUT2D eigenvalue weighted by Gasteiger charge is -2.31. The standard InChI is InChI=1S/C13H25N3O/c1-4-7-15-13(2,10-14)11-16(8-9-17-3)12-5-6-12/h12,15H,4-9,11H2,1-3H3. The van der Waals surface area contributed by atoms with Crippen LogP contribution in [0.1, 0.15) is 33.1 Å². The van der Waals surface area contributed by atoms with E-state index in [2.05, 4.69) is 23.2 Å². The average molecular weight is 239 g/mol. The monoisotopic (exact) mass is 239 g/mol.